The van der Waals surface area contributed by atoms with Crippen molar-refractivity contribution in [2.45, 2.75) is 38.1 Å². The fourth-order valence-electron chi connectivity index (χ4n) is 3.43. The zero-order valence-corrected chi connectivity index (χ0v) is 12.4. The van der Waals surface area contributed by atoms with Crippen molar-refractivity contribution < 1.29 is 23.1 Å². The lowest BCUT2D eigenvalue weighted by atomic mass is 9.88. The zero-order chi connectivity index (χ0) is 14.9. The molecule has 4 unspecified atom stereocenters. The zero-order valence-electron chi connectivity index (χ0n) is 11.5. The van der Waals surface area contributed by atoms with Crippen molar-refractivity contribution in [3.8, 4) is 0 Å². The van der Waals surface area contributed by atoms with Gasteiger partial charge in [0.2, 0.25) is 5.91 Å². The molecule has 2 bridgehead atoms. The third kappa shape index (κ3) is 3.71. The Morgan fingerprint density at radius 2 is 2.00 bits per heavy atom. The van der Waals surface area contributed by atoms with Crippen molar-refractivity contribution in [1.82, 2.24) is 5.32 Å². The van der Waals surface area contributed by atoms with Crippen LogP contribution in [0.1, 0.15) is 32.1 Å². The molecule has 2 N–H and O–H groups in total. The predicted octanol–water partition coefficient (Wildman–Crippen LogP) is 0.427. The van der Waals surface area contributed by atoms with Crippen molar-refractivity contribution in [2.75, 3.05) is 12.0 Å². The normalized spacial score (nSPS) is 30.1. The van der Waals surface area contributed by atoms with Gasteiger partial charge >= 0.3 is 5.97 Å². The van der Waals surface area contributed by atoms with Gasteiger partial charge in [-0.05, 0) is 37.5 Å². The molecule has 0 aromatic heterocycles. The molecule has 2 rings (SSSR count). The second-order valence-corrected chi connectivity index (χ2v) is 8.36. The van der Waals surface area contributed by atoms with E-state index in [1.54, 1.807) is 0 Å². The smallest absolute Gasteiger partial charge is 0.326 e. The lowest BCUT2D eigenvalue weighted by Gasteiger charge is -2.23. The van der Waals surface area contributed by atoms with Crippen LogP contribution in [0.3, 0.4) is 0 Å². The molecule has 0 aliphatic heterocycles. The first kappa shape index (κ1) is 15.3. The summed E-state index contributed by atoms with van der Waals surface area (Å²) < 4.78 is 22.2. The maximum atomic E-state index is 12.2. The van der Waals surface area contributed by atoms with Crippen LogP contribution in [-0.2, 0) is 19.4 Å². The van der Waals surface area contributed by atoms with E-state index in [2.05, 4.69) is 5.32 Å². The van der Waals surface area contributed by atoms with E-state index in [0.29, 0.717) is 11.8 Å². The molecule has 2 aliphatic rings. The maximum Gasteiger partial charge on any atom is 0.326 e. The number of nitrogens with one attached hydrogen (secondary N) is 1. The topological polar surface area (TPSA) is 101 Å². The number of hydrogen-bond acceptors (Lipinski definition) is 4. The molecule has 0 aromatic rings. The summed E-state index contributed by atoms with van der Waals surface area (Å²) in [5.74, 6) is -0.738. The minimum absolute atomic E-state index is 0.0826. The highest BCUT2D eigenvalue weighted by molar-refractivity contribution is 7.90. The quantitative estimate of drug-likeness (QED) is 0.741. The molecular weight excluding hydrogens is 282 g/mol. The molecule has 2 aliphatic carbocycles. The van der Waals surface area contributed by atoms with Crippen molar-refractivity contribution in [1.29, 1.82) is 0 Å². The number of carboxylic acid groups (broad SMARTS) is 1. The average Bonchev–Trinajstić information content (AvgIpc) is 2.94. The molecule has 0 spiro atoms. The van der Waals surface area contributed by atoms with E-state index in [4.69, 9.17) is 5.11 Å². The van der Waals surface area contributed by atoms with Gasteiger partial charge in [-0.2, -0.15) is 0 Å². The van der Waals surface area contributed by atoms with Crippen LogP contribution in [0.5, 0.6) is 0 Å². The first-order valence-corrected chi connectivity index (χ1v) is 9.03. The van der Waals surface area contributed by atoms with Crippen LogP contribution in [0.15, 0.2) is 0 Å². The van der Waals surface area contributed by atoms with Crippen molar-refractivity contribution >= 4 is 21.7 Å². The molecular formula is C13H21NO5S. The van der Waals surface area contributed by atoms with E-state index in [0.717, 1.165) is 25.5 Å². The Hall–Kier alpha value is -1.11. The number of sulfone groups is 1. The minimum atomic E-state index is -3.23. The number of rotatable bonds is 6. The van der Waals surface area contributed by atoms with Gasteiger partial charge in [0.15, 0.2) is 0 Å². The first-order valence-electron chi connectivity index (χ1n) is 6.97. The fraction of sp³-hybridized carbons (Fsp3) is 0.846. The number of fused-ring (bicyclic) bond motifs is 2. The molecule has 20 heavy (non-hydrogen) atoms. The Bertz CT molecular complexity index is 501. The van der Waals surface area contributed by atoms with Crippen molar-refractivity contribution in [3.05, 3.63) is 0 Å². The van der Waals surface area contributed by atoms with Gasteiger partial charge in [-0.15, -0.1) is 0 Å². The minimum Gasteiger partial charge on any atom is -0.480 e. The van der Waals surface area contributed by atoms with Gasteiger partial charge in [-0.3, -0.25) is 4.79 Å². The van der Waals surface area contributed by atoms with E-state index < -0.39 is 21.8 Å². The van der Waals surface area contributed by atoms with Gasteiger partial charge in [-0.25, -0.2) is 13.2 Å². The van der Waals surface area contributed by atoms with Crippen molar-refractivity contribution in [3.63, 3.8) is 0 Å². The van der Waals surface area contributed by atoms with E-state index in [1.807, 2.05) is 0 Å². The van der Waals surface area contributed by atoms with Crippen LogP contribution in [0.4, 0.5) is 0 Å². The van der Waals surface area contributed by atoms with Crippen LogP contribution in [0.2, 0.25) is 0 Å². The Morgan fingerprint density at radius 1 is 1.30 bits per heavy atom. The summed E-state index contributed by atoms with van der Waals surface area (Å²) in [4.78, 5) is 23.3. The van der Waals surface area contributed by atoms with Gasteiger partial charge in [0.1, 0.15) is 15.9 Å². The lowest BCUT2D eigenvalue weighted by molar-refractivity contribution is -0.142. The molecule has 2 saturated carbocycles. The number of carbonyl (C=O) groups excluding carboxylic acids is 1. The Balaban J connectivity index is 1.91. The number of amides is 1. The molecule has 0 heterocycles. The van der Waals surface area contributed by atoms with Gasteiger partial charge in [0.05, 0.1) is 5.75 Å². The highest BCUT2D eigenvalue weighted by Gasteiger charge is 2.43. The van der Waals surface area contributed by atoms with Crippen LogP contribution in [-0.4, -0.2) is 43.5 Å². The summed E-state index contributed by atoms with van der Waals surface area (Å²) in [6, 6.07) is -1.11. The van der Waals surface area contributed by atoms with E-state index >= 15 is 0 Å². The van der Waals surface area contributed by atoms with Crippen LogP contribution in [0, 0.1) is 17.8 Å². The third-order valence-electron chi connectivity index (χ3n) is 4.47. The Kier molecular flexibility index (Phi) is 4.36. The van der Waals surface area contributed by atoms with Gasteiger partial charge in [0.25, 0.3) is 0 Å². The van der Waals surface area contributed by atoms with Crippen molar-refractivity contribution in [2.24, 2.45) is 17.8 Å². The van der Waals surface area contributed by atoms with E-state index in [-0.39, 0.29) is 24.0 Å². The summed E-state index contributed by atoms with van der Waals surface area (Å²) >= 11 is 0. The standard InChI is InChI=1S/C13H21NO5S/c1-20(18,19)5-4-11(13(16)17)14-12(15)10-7-8-2-3-9(10)6-8/h8-11H,2-7H2,1H3,(H,14,15)(H,16,17). The van der Waals surface area contributed by atoms with Crippen LogP contribution < -0.4 is 5.32 Å². The molecule has 0 saturated heterocycles. The maximum absolute atomic E-state index is 12.2. The molecule has 0 radical (unpaired) electrons. The van der Waals surface area contributed by atoms with Gasteiger partial charge in [-0.1, -0.05) is 6.42 Å². The molecule has 1 amide bonds. The fourth-order valence-corrected chi connectivity index (χ4v) is 4.10. The second-order valence-electron chi connectivity index (χ2n) is 6.10. The lowest BCUT2D eigenvalue weighted by Crippen LogP contribution is -2.45. The number of carboxylic acids is 1. The molecule has 114 valence electrons. The summed E-state index contributed by atoms with van der Waals surface area (Å²) in [6.45, 7) is 0. The molecule has 0 aromatic carbocycles. The Labute approximate surface area is 118 Å². The SMILES string of the molecule is CS(=O)(=O)CCC(NC(=O)C1CC2CCC1C2)C(=O)O. The largest absolute Gasteiger partial charge is 0.480 e. The number of carbonyl (C=O) groups is 2. The third-order valence-corrected chi connectivity index (χ3v) is 5.44. The van der Waals surface area contributed by atoms with E-state index in [9.17, 15) is 18.0 Å². The van der Waals surface area contributed by atoms with Gasteiger partial charge < -0.3 is 10.4 Å². The molecule has 4 atom stereocenters. The van der Waals surface area contributed by atoms with Crippen LogP contribution in [0.25, 0.3) is 0 Å². The Morgan fingerprint density at radius 3 is 2.45 bits per heavy atom. The van der Waals surface area contributed by atoms with Crippen LogP contribution >= 0.6 is 0 Å². The summed E-state index contributed by atoms with van der Waals surface area (Å²) in [5.41, 5.74) is 0. The first-order chi connectivity index (χ1) is 9.26. The summed E-state index contributed by atoms with van der Waals surface area (Å²) in [6.07, 6.45) is 5.10. The van der Waals surface area contributed by atoms with E-state index in [1.165, 1.54) is 6.42 Å². The number of hydrogen-bond donors (Lipinski definition) is 2. The molecule has 2 fully saturated rings. The monoisotopic (exact) mass is 303 g/mol. The summed E-state index contributed by atoms with van der Waals surface area (Å²) in [5, 5.41) is 11.6. The predicted molar refractivity (Wildman–Crippen MR) is 72.8 cm³/mol. The average molecular weight is 303 g/mol. The second kappa shape index (κ2) is 5.71. The molecule has 7 heteroatoms. The summed E-state index contributed by atoms with van der Waals surface area (Å²) in [7, 11) is -3.23. The molecule has 6 nitrogen and oxygen atoms in total. The highest BCUT2D eigenvalue weighted by atomic mass is 32.2. The number of aliphatic carboxylic acids is 1. The van der Waals surface area contributed by atoms with Gasteiger partial charge in [0, 0.05) is 12.2 Å². The highest BCUT2D eigenvalue weighted by Crippen LogP contribution is 2.48.